The number of aromatic nitrogens is 3. The van der Waals surface area contributed by atoms with Crippen LogP contribution in [0.15, 0.2) is 12.4 Å². The van der Waals surface area contributed by atoms with Crippen molar-refractivity contribution in [3.8, 4) is 0 Å². The number of ether oxygens (including phenoxy) is 1. The monoisotopic (exact) mass is 316 g/mol. The SMILES string of the molecule is O=C(NC1(CO)CCOCC1)c1c[nH]c2ncc(C3CC3)nc12. The number of carbonyl (C=O) groups is 1. The molecule has 7 nitrogen and oxygen atoms in total. The Morgan fingerprint density at radius 2 is 2.22 bits per heavy atom. The zero-order valence-electron chi connectivity index (χ0n) is 12.8. The van der Waals surface area contributed by atoms with Crippen molar-refractivity contribution in [2.45, 2.75) is 37.1 Å². The fraction of sp³-hybridized carbons (Fsp3) is 0.562. The molecular weight excluding hydrogens is 296 g/mol. The summed E-state index contributed by atoms with van der Waals surface area (Å²) in [5, 5.41) is 12.7. The lowest BCUT2D eigenvalue weighted by atomic mass is 9.90. The quantitative estimate of drug-likeness (QED) is 0.784. The van der Waals surface area contributed by atoms with Crippen molar-refractivity contribution < 1.29 is 14.6 Å². The van der Waals surface area contributed by atoms with Gasteiger partial charge in [0, 0.05) is 25.3 Å². The highest BCUT2D eigenvalue weighted by Gasteiger charge is 2.34. The van der Waals surface area contributed by atoms with E-state index in [-0.39, 0.29) is 12.5 Å². The third-order valence-electron chi connectivity index (χ3n) is 4.77. The zero-order chi connectivity index (χ0) is 15.9. The van der Waals surface area contributed by atoms with Gasteiger partial charge < -0.3 is 20.1 Å². The van der Waals surface area contributed by atoms with Gasteiger partial charge in [0.2, 0.25) is 0 Å². The van der Waals surface area contributed by atoms with Gasteiger partial charge in [0.15, 0.2) is 5.65 Å². The van der Waals surface area contributed by atoms with E-state index in [4.69, 9.17) is 4.74 Å². The third kappa shape index (κ3) is 2.70. The van der Waals surface area contributed by atoms with Crippen LogP contribution in [0.4, 0.5) is 0 Å². The van der Waals surface area contributed by atoms with Gasteiger partial charge in [0.05, 0.1) is 29.6 Å². The van der Waals surface area contributed by atoms with E-state index in [0.29, 0.717) is 48.7 Å². The first-order chi connectivity index (χ1) is 11.2. The molecule has 122 valence electrons. The van der Waals surface area contributed by atoms with Gasteiger partial charge in [0.1, 0.15) is 5.52 Å². The molecule has 2 aliphatic rings. The van der Waals surface area contributed by atoms with E-state index < -0.39 is 5.54 Å². The number of aliphatic hydroxyl groups is 1. The second-order valence-corrected chi connectivity index (χ2v) is 6.47. The van der Waals surface area contributed by atoms with Crippen molar-refractivity contribution in [2.24, 2.45) is 0 Å². The molecule has 7 heteroatoms. The third-order valence-corrected chi connectivity index (χ3v) is 4.77. The number of nitrogens with one attached hydrogen (secondary N) is 2. The number of aromatic amines is 1. The van der Waals surface area contributed by atoms with Crippen LogP contribution in [-0.4, -0.2) is 51.3 Å². The van der Waals surface area contributed by atoms with E-state index in [2.05, 4.69) is 20.3 Å². The molecule has 4 rings (SSSR count). The number of carbonyl (C=O) groups excluding carboxylic acids is 1. The van der Waals surface area contributed by atoms with Crippen molar-refractivity contribution >= 4 is 17.1 Å². The number of amides is 1. The highest BCUT2D eigenvalue weighted by atomic mass is 16.5. The smallest absolute Gasteiger partial charge is 0.255 e. The second kappa shape index (κ2) is 5.58. The zero-order valence-corrected chi connectivity index (χ0v) is 12.8. The van der Waals surface area contributed by atoms with Crippen LogP contribution in [0, 0.1) is 0 Å². The summed E-state index contributed by atoms with van der Waals surface area (Å²) in [7, 11) is 0. The molecule has 3 N–H and O–H groups in total. The van der Waals surface area contributed by atoms with E-state index in [1.165, 1.54) is 0 Å². The van der Waals surface area contributed by atoms with Crippen molar-refractivity contribution in [2.75, 3.05) is 19.8 Å². The van der Waals surface area contributed by atoms with E-state index in [9.17, 15) is 9.90 Å². The molecule has 0 radical (unpaired) electrons. The number of aliphatic hydroxyl groups excluding tert-OH is 1. The predicted octanol–water partition coefficient (Wildman–Crippen LogP) is 1.11. The molecule has 1 amide bonds. The van der Waals surface area contributed by atoms with Gasteiger partial charge in [-0.1, -0.05) is 0 Å². The average Bonchev–Trinajstić information content (AvgIpc) is 3.34. The number of fused-ring (bicyclic) bond motifs is 1. The molecule has 0 unspecified atom stereocenters. The molecule has 0 bridgehead atoms. The molecule has 0 spiro atoms. The molecule has 2 fully saturated rings. The summed E-state index contributed by atoms with van der Waals surface area (Å²) < 4.78 is 5.33. The average molecular weight is 316 g/mol. The number of nitrogens with zero attached hydrogens (tertiary/aromatic N) is 2. The first-order valence-corrected chi connectivity index (χ1v) is 8.06. The minimum absolute atomic E-state index is 0.0938. The van der Waals surface area contributed by atoms with Gasteiger partial charge in [-0.2, -0.15) is 0 Å². The molecule has 1 aliphatic heterocycles. The lowest BCUT2D eigenvalue weighted by molar-refractivity contribution is 0.0126. The predicted molar refractivity (Wildman–Crippen MR) is 83.2 cm³/mol. The highest BCUT2D eigenvalue weighted by Crippen LogP contribution is 2.39. The van der Waals surface area contributed by atoms with Gasteiger partial charge in [-0.3, -0.25) is 4.79 Å². The van der Waals surface area contributed by atoms with E-state index in [1.807, 2.05) is 0 Å². The Morgan fingerprint density at radius 1 is 1.43 bits per heavy atom. The lowest BCUT2D eigenvalue weighted by Gasteiger charge is -2.36. The summed E-state index contributed by atoms with van der Waals surface area (Å²) in [4.78, 5) is 24.7. The first-order valence-electron chi connectivity index (χ1n) is 8.06. The van der Waals surface area contributed by atoms with Crippen LogP contribution in [-0.2, 0) is 4.74 Å². The molecular formula is C16H20N4O3. The molecule has 1 aliphatic carbocycles. The van der Waals surface area contributed by atoms with Crippen LogP contribution in [0.1, 0.15) is 47.7 Å². The molecule has 0 aromatic carbocycles. The molecule has 0 atom stereocenters. The molecule has 1 saturated heterocycles. The summed E-state index contributed by atoms with van der Waals surface area (Å²) in [6, 6.07) is 0. The van der Waals surface area contributed by atoms with Crippen molar-refractivity contribution in [3.63, 3.8) is 0 Å². The van der Waals surface area contributed by atoms with Crippen molar-refractivity contribution in [3.05, 3.63) is 23.7 Å². The fourth-order valence-corrected chi connectivity index (χ4v) is 3.05. The number of rotatable bonds is 4. The Morgan fingerprint density at radius 3 is 2.91 bits per heavy atom. The van der Waals surface area contributed by atoms with Crippen LogP contribution in [0.5, 0.6) is 0 Å². The van der Waals surface area contributed by atoms with Crippen LogP contribution in [0.2, 0.25) is 0 Å². The minimum Gasteiger partial charge on any atom is -0.394 e. The van der Waals surface area contributed by atoms with Crippen LogP contribution < -0.4 is 5.32 Å². The number of H-pyrrole nitrogens is 1. The Hall–Kier alpha value is -1.99. The maximum Gasteiger partial charge on any atom is 0.255 e. The molecule has 2 aromatic rings. The van der Waals surface area contributed by atoms with Crippen LogP contribution in [0.3, 0.4) is 0 Å². The topological polar surface area (TPSA) is 100 Å². The maximum atomic E-state index is 12.7. The summed E-state index contributed by atoms with van der Waals surface area (Å²) in [6.07, 6.45) is 6.92. The van der Waals surface area contributed by atoms with Gasteiger partial charge in [-0.05, 0) is 25.7 Å². The summed E-state index contributed by atoms with van der Waals surface area (Å²) in [5.74, 6) is 0.256. The minimum atomic E-state index is -0.611. The molecule has 1 saturated carbocycles. The van der Waals surface area contributed by atoms with E-state index in [0.717, 1.165) is 18.5 Å². The van der Waals surface area contributed by atoms with E-state index in [1.54, 1.807) is 12.4 Å². The highest BCUT2D eigenvalue weighted by molar-refractivity contribution is 6.04. The Labute approximate surface area is 133 Å². The van der Waals surface area contributed by atoms with Gasteiger partial charge in [-0.25, -0.2) is 9.97 Å². The van der Waals surface area contributed by atoms with E-state index >= 15 is 0 Å². The van der Waals surface area contributed by atoms with Gasteiger partial charge in [-0.15, -0.1) is 0 Å². The Balaban J connectivity index is 1.62. The molecule has 2 aromatic heterocycles. The maximum absolute atomic E-state index is 12.7. The molecule has 3 heterocycles. The Kier molecular flexibility index (Phi) is 3.54. The lowest BCUT2D eigenvalue weighted by Crippen LogP contribution is -2.54. The first kappa shape index (κ1) is 14.6. The standard InChI is InChI=1S/C16H20N4O3/c21-9-16(3-5-23-6-4-16)20-15(22)11-7-17-14-13(11)19-12(8-18-14)10-1-2-10/h7-8,10,21H,1-6,9H2,(H,17,18)(H,20,22). The van der Waals surface area contributed by atoms with Crippen molar-refractivity contribution in [1.82, 2.24) is 20.3 Å². The fourth-order valence-electron chi connectivity index (χ4n) is 3.05. The largest absolute Gasteiger partial charge is 0.394 e. The van der Waals surface area contributed by atoms with Crippen molar-refractivity contribution in [1.29, 1.82) is 0 Å². The second-order valence-electron chi connectivity index (χ2n) is 6.47. The molecule has 23 heavy (non-hydrogen) atoms. The summed E-state index contributed by atoms with van der Waals surface area (Å²) >= 11 is 0. The summed E-state index contributed by atoms with van der Waals surface area (Å²) in [5.41, 5.74) is 2.04. The van der Waals surface area contributed by atoms with Crippen LogP contribution in [0.25, 0.3) is 11.2 Å². The Bertz CT molecular complexity index is 732. The summed E-state index contributed by atoms with van der Waals surface area (Å²) in [6.45, 7) is 0.990. The van der Waals surface area contributed by atoms with Gasteiger partial charge in [0.25, 0.3) is 5.91 Å². The number of hydrogen-bond acceptors (Lipinski definition) is 5. The van der Waals surface area contributed by atoms with Crippen LogP contribution >= 0.6 is 0 Å². The van der Waals surface area contributed by atoms with Gasteiger partial charge >= 0.3 is 0 Å². The normalized spacial score (nSPS) is 20.6. The number of hydrogen-bond donors (Lipinski definition) is 3.